The van der Waals surface area contributed by atoms with Crippen molar-refractivity contribution in [2.24, 2.45) is 0 Å². The highest BCUT2D eigenvalue weighted by molar-refractivity contribution is 5.49. The standard InChI is InChI=1S/C19H24FN/c1-6-21-19(16-8-7-9-17(20)11-16)18-14(4)12(2)10-13(3)15(18)5/h7-11,19,21H,6H2,1-5H3. The van der Waals surface area contributed by atoms with Crippen LogP contribution >= 0.6 is 0 Å². The molecule has 1 N–H and O–H groups in total. The van der Waals surface area contributed by atoms with E-state index < -0.39 is 0 Å². The van der Waals surface area contributed by atoms with E-state index >= 15 is 0 Å². The Bertz CT molecular complexity index is 620. The molecular formula is C19H24FN. The average Bonchev–Trinajstić information content (AvgIpc) is 2.44. The number of hydrogen-bond acceptors (Lipinski definition) is 1. The van der Waals surface area contributed by atoms with Crippen LogP contribution in [-0.4, -0.2) is 6.54 Å². The van der Waals surface area contributed by atoms with E-state index in [1.165, 1.54) is 33.9 Å². The molecule has 21 heavy (non-hydrogen) atoms. The molecule has 2 rings (SSSR count). The number of nitrogens with one attached hydrogen (secondary N) is 1. The monoisotopic (exact) mass is 285 g/mol. The molecule has 2 aromatic carbocycles. The Morgan fingerprint density at radius 3 is 2.14 bits per heavy atom. The van der Waals surface area contributed by atoms with E-state index in [-0.39, 0.29) is 11.9 Å². The fourth-order valence-corrected chi connectivity index (χ4v) is 2.96. The molecule has 0 aliphatic carbocycles. The first-order valence-corrected chi connectivity index (χ1v) is 7.51. The zero-order valence-corrected chi connectivity index (χ0v) is 13.5. The summed E-state index contributed by atoms with van der Waals surface area (Å²) in [6.07, 6.45) is 0. The van der Waals surface area contributed by atoms with Gasteiger partial charge >= 0.3 is 0 Å². The maximum absolute atomic E-state index is 13.6. The molecule has 2 aromatic rings. The normalized spacial score (nSPS) is 12.5. The van der Waals surface area contributed by atoms with Crippen LogP contribution in [-0.2, 0) is 0 Å². The molecule has 2 heteroatoms. The quantitative estimate of drug-likeness (QED) is 0.854. The number of halogens is 1. The Morgan fingerprint density at radius 1 is 1.00 bits per heavy atom. The summed E-state index contributed by atoms with van der Waals surface area (Å²) < 4.78 is 13.6. The molecule has 0 fully saturated rings. The Kier molecular flexibility index (Phi) is 4.79. The molecule has 0 bridgehead atoms. The summed E-state index contributed by atoms with van der Waals surface area (Å²) in [5, 5.41) is 3.51. The van der Waals surface area contributed by atoms with Crippen LogP contribution in [0, 0.1) is 33.5 Å². The Balaban J connectivity index is 2.64. The Labute approximate surface area is 127 Å². The van der Waals surface area contributed by atoms with Crippen molar-refractivity contribution < 1.29 is 4.39 Å². The lowest BCUT2D eigenvalue weighted by molar-refractivity contribution is 0.599. The largest absolute Gasteiger partial charge is 0.307 e. The van der Waals surface area contributed by atoms with E-state index in [0.717, 1.165) is 12.1 Å². The van der Waals surface area contributed by atoms with Crippen molar-refractivity contribution in [1.29, 1.82) is 0 Å². The van der Waals surface area contributed by atoms with Crippen LogP contribution in [0.25, 0.3) is 0 Å². The summed E-state index contributed by atoms with van der Waals surface area (Å²) in [6, 6.07) is 9.15. The van der Waals surface area contributed by atoms with Crippen LogP contribution < -0.4 is 5.32 Å². The smallest absolute Gasteiger partial charge is 0.123 e. The van der Waals surface area contributed by atoms with Crippen LogP contribution in [0.15, 0.2) is 30.3 Å². The molecule has 1 atom stereocenters. The van der Waals surface area contributed by atoms with E-state index in [0.29, 0.717) is 0 Å². The minimum atomic E-state index is -0.185. The predicted molar refractivity (Wildman–Crippen MR) is 87.3 cm³/mol. The first-order chi connectivity index (χ1) is 9.95. The molecule has 0 aliphatic heterocycles. The molecule has 0 saturated heterocycles. The van der Waals surface area contributed by atoms with Gasteiger partial charge in [0, 0.05) is 0 Å². The fourth-order valence-electron chi connectivity index (χ4n) is 2.96. The van der Waals surface area contributed by atoms with Crippen LogP contribution in [0.3, 0.4) is 0 Å². The molecule has 0 amide bonds. The van der Waals surface area contributed by atoms with Crippen LogP contribution in [0.5, 0.6) is 0 Å². The second-order valence-corrected chi connectivity index (χ2v) is 5.72. The highest BCUT2D eigenvalue weighted by atomic mass is 19.1. The van der Waals surface area contributed by atoms with E-state index in [4.69, 9.17) is 0 Å². The molecule has 0 aliphatic rings. The van der Waals surface area contributed by atoms with Crippen LogP contribution in [0.2, 0.25) is 0 Å². The van der Waals surface area contributed by atoms with Crippen molar-refractivity contribution >= 4 is 0 Å². The van der Waals surface area contributed by atoms with Crippen molar-refractivity contribution in [1.82, 2.24) is 5.32 Å². The van der Waals surface area contributed by atoms with E-state index in [1.807, 2.05) is 6.07 Å². The predicted octanol–water partition coefficient (Wildman–Crippen LogP) is 4.76. The van der Waals surface area contributed by atoms with Gasteiger partial charge in [-0.1, -0.05) is 25.1 Å². The minimum absolute atomic E-state index is 0.0318. The summed E-state index contributed by atoms with van der Waals surface area (Å²) in [7, 11) is 0. The number of hydrogen-bond donors (Lipinski definition) is 1. The zero-order chi connectivity index (χ0) is 15.6. The van der Waals surface area contributed by atoms with Gasteiger partial charge in [-0.15, -0.1) is 0 Å². The summed E-state index contributed by atoms with van der Waals surface area (Å²) in [4.78, 5) is 0. The molecule has 0 saturated carbocycles. The second-order valence-electron chi connectivity index (χ2n) is 5.72. The second kappa shape index (κ2) is 6.40. The van der Waals surface area contributed by atoms with Crippen molar-refractivity contribution in [2.45, 2.75) is 40.7 Å². The molecule has 1 nitrogen and oxygen atoms in total. The van der Waals surface area contributed by atoms with Gasteiger partial charge in [-0.05, 0) is 79.8 Å². The van der Waals surface area contributed by atoms with Crippen LogP contribution in [0.4, 0.5) is 4.39 Å². The van der Waals surface area contributed by atoms with Crippen molar-refractivity contribution in [2.75, 3.05) is 6.54 Å². The number of rotatable bonds is 4. The van der Waals surface area contributed by atoms with E-state index in [2.05, 4.69) is 46.0 Å². The number of aryl methyl sites for hydroxylation is 2. The summed E-state index contributed by atoms with van der Waals surface area (Å²) in [5.41, 5.74) is 7.40. The minimum Gasteiger partial charge on any atom is -0.307 e. The van der Waals surface area contributed by atoms with Crippen LogP contribution in [0.1, 0.15) is 46.3 Å². The third-order valence-corrected chi connectivity index (χ3v) is 4.30. The van der Waals surface area contributed by atoms with Gasteiger partial charge in [0.05, 0.1) is 6.04 Å². The summed E-state index contributed by atoms with van der Waals surface area (Å²) in [5.74, 6) is -0.185. The highest BCUT2D eigenvalue weighted by Crippen LogP contribution is 2.31. The molecule has 0 heterocycles. The fraction of sp³-hybridized carbons (Fsp3) is 0.368. The highest BCUT2D eigenvalue weighted by Gasteiger charge is 2.20. The molecule has 0 aromatic heterocycles. The molecule has 0 spiro atoms. The molecule has 112 valence electrons. The van der Waals surface area contributed by atoms with Gasteiger partial charge in [0.2, 0.25) is 0 Å². The summed E-state index contributed by atoms with van der Waals surface area (Å²) in [6.45, 7) is 11.5. The van der Waals surface area contributed by atoms with Gasteiger partial charge in [-0.2, -0.15) is 0 Å². The average molecular weight is 285 g/mol. The third-order valence-electron chi connectivity index (χ3n) is 4.30. The first-order valence-electron chi connectivity index (χ1n) is 7.51. The topological polar surface area (TPSA) is 12.0 Å². The van der Waals surface area contributed by atoms with Crippen molar-refractivity contribution in [3.05, 3.63) is 69.5 Å². The lowest BCUT2D eigenvalue weighted by atomic mass is 9.86. The Hall–Kier alpha value is -1.67. The van der Waals surface area contributed by atoms with Gasteiger partial charge in [-0.25, -0.2) is 4.39 Å². The van der Waals surface area contributed by atoms with E-state index in [9.17, 15) is 4.39 Å². The number of benzene rings is 2. The van der Waals surface area contributed by atoms with Gasteiger partial charge in [0.1, 0.15) is 5.82 Å². The third kappa shape index (κ3) is 3.16. The van der Waals surface area contributed by atoms with Crippen molar-refractivity contribution in [3.8, 4) is 0 Å². The first kappa shape index (κ1) is 15.7. The van der Waals surface area contributed by atoms with Crippen molar-refractivity contribution in [3.63, 3.8) is 0 Å². The van der Waals surface area contributed by atoms with Gasteiger partial charge < -0.3 is 5.32 Å². The lowest BCUT2D eigenvalue weighted by Gasteiger charge is -2.25. The summed E-state index contributed by atoms with van der Waals surface area (Å²) >= 11 is 0. The lowest BCUT2D eigenvalue weighted by Crippen LogP contribution is -2.24. The molecular weight excluding hydrogens is 261 g/mol. The molecule has 1 unspecified atom stereocenters. The maximum atomic E-state index is 13.6. The molecule has 0 radical (unpaired) electrons. The zero-order valence-electron chi connectivity index (χ0n) is 13.5. The maximum Gasteiger partial charge on any atom is 0.123 e. The van der Waals surface area contributed by atoms with Gasteiger partial charge in [0.25, 0.3) is 0 Å². The van der Waals surface area contributed by atoms with Gasteiger partial charge in [-0.3, -0.25) is 0 Å². The SMILES string of the molecule is CCNC(c1cccc(F)c1)c1c(C)c(C)cc(C)c1C. The Morgan fingerprint density at radius 2 is 1.62 bits per heavy atom. The van der Waals surface area contributed by atoms with Gasteiger partial charge in [0.15, 0.2) is 0 Å². The van der Waals surface area contributed by atoms with E-state index in [1.54, 1.807) is 12.1 Å².